The van der Waals surface area contributed by atoms with Gasteiger partial charge in [0.15, 0.2) is 11.7 Å². The number of carbonyl (C=O) groups is 1. The van der Waals surface area contributed by atoms with Gasteiger partial charge in [-0.1, -0.05) is 0 Å². The number of aliphatic imine (C=N–C) groups is 1. The summed E-state index contributed by atoms with van der Waals surface area (Å²) >= 11 is 0. The molecule has 2 atom stereocenters. The second-order valence-corrected chi connectivity index (χ2v) is 6.41. The Hall–Kier alpha value is -2.06. The van der Waals surface area contributed by atoms with Crippen molar-refractivity contribution in [3.05, 3.63) is 23.7 Å². The molecule has 2 heterocycles. The van der Waals surface area contributed by atoms with Crippen LogP contribution in [0.1, 0.15) is 35.9 Å². The van der Waals surface area contributed by atoms with Crippen LogP contribution < -0.4 is 16.0 Å². The molecule has 0 spiro atoms. The summed E-state index contributed by atoms with van der Waals surface area (Å²) in [4.78, 5) is 16.1. The Bertz CT molecular complexity index is 582. The number of amides is 1. The van der Waals surface area contributed by atoms with Crippen molar-refractivity contribution >= 4 is 11.9 Å². The van der Waals surface area contributed by atoms with Gasteiger partial charge in [0.05, 0.1) is 25.6 Å². The molecule has 1 aliphatic rings. The lowest BCUT2D eigenvalue weighted by Gasteiger charge is -2.19. The molecule has 26 heavy (non-hydrogen) atoms. The van der Waals surface area contributed by atoms with Crippen molar-refractivity contribution < 1.29 is 18.7 Å². The Kier molecular flexibility index (Phi) is 8.43. The Morgan fingerprint density at radius 3 is 2.88 bits per heavy atom. The minimum absolute atomic E-state index is 0.142. The van der Waals surface area contributed by atoms with E-state index in [0.717, 1.165) is 31.0 Å². The van der Waals surface area contributed by atoms with Crippen LogP contribution in [0.5, 0.6) is 0 Å². The van der Waals surface area contributed by atoms with Gasteiger partial charge in [0.1, 0.15) is 0 Å². The van der Waals surface area contributed by atoms with Crippen molar-refractivity contribution in [2.45, 2.75) is 38.8 Å². The van der Waals surface area contributed by atoms with E-state index < -0.39 is 0 Å². The highest BCUT2D eigenvalue weighted by Gasteiger charge is 2.17. The van der Waals surface area contributed by atoms with Crippen molar-refractivity contribution in [1.82, 2.24) is 16.0 Å². The molecule has 0 bridgehead atoms. The lowest BCUT2D eigenvalue weighted by Crippen LogP contribution is -2.45. The van der Waals surface area contributed by atoms with Crippen LogP contribution in [-0.4, -0.2) is 64.0 Å². The molecule has 1 aromatic heterocycles. The molecule has 8 nitrogen and oxygen atoms in total. The fraction of sp³-hybridized carbons (Fsp3) is 0.667. The van der Waals surface area contributed by atoms with Crippen molar-refractivity contribution in [2.24, 2.45) is 4.99 Å². The van der Waals surface area contributed by atoms with Gasteiger partial charge in [0, 0.05) is 38.3 Å². The molecule has 146 valence electrons. The SMILES string of the molecule is CN=C(NCCCNC(=O)c1occc1C)NC(C)COC1CCOC1. The summed E-state index contributed by atoms with van der Waals surface area (Å²) in [6, 6.07) is 1.92. The Morgan fingerprint density at radius 1 is 1.42 bits per heavy atom. The van der Waals surface area contributed by atoms with Crippen LogP contribution >= 0.6 is 0 Å². The quantitative estimate of drug-likeness (QED) is 0.344. The standard InChI is InChI=1S/C18H30N4O4/c1-13-5-10-25-16(13)17(23)20-7-4-8-21-18(19-3)22-14(2)11-26-15-6-9-24-12-15/h5,10,14-15H,4,6-9,11-12H2,1-3H3,(H,20,23)(H2,19,21,22). The fourth-order valence-electron chi connectivity index (χ4n) is 2.58. The number of aryl methyl sites for hydroxylation is 1. The minimum atomic E-state index is -0.184. The van der Waals surface area contributed by atoms with Crippen LogP contribution in [0.4, 0.5) is 0 Å². The van der Waals surface area contributed by atoms with E-state index in [1.807, 2.05) is 6.92 Å². The van der Waals surface area contributed by atoms with Gasteiger partial charge in [-0.3, -0.25) is 9.79 Å². The molecule has 1 saturated heterocycles. The lowest BCUT2D eigenvalue weighted by molar-refractivity contribution is 0.0347. The zero-order valence-corrected chi connectivity index (χ0v) is 15.8. The number of guanidine groups is 1. The molecule has 3 N–H and O–H groups in total. The van der Waals surface area contributed by atoms with Crippen LogP contribution in [0.15, 0.2) is 21.7 Å². The monoisotopic (exact) mass is 366 g/mol. The molecule has 2 rings (SSSR count). The van der Waals surface area contributed by atoms with E-state index in [0.29, 0.717) is 32.1 Å². The first kappa shape index (κ1) is 20.3. The van der Waals surface area contributed by atoms with E-state index in [2.05, 4.69) is 27.9 Å². The van der Waals surface area contributed by atoms with E-state index in [-0.39, 0.29) is 18.1 Å². The van der Waals surface area contributed by atoms with Crippen molar-refractivity contribution in [3.8, 4) is 0 Å². The van der Waals surface area contributed by atoms with Gasteiger partial charge >= 0.3 is 0 Å². The molecule has 0 aliphatic carbocycles. The lowest BCUT2D eigenvalue weighted by atomic mass is 10.2. The van der Waals surface area contributed by atoms with Crippen LogP contribution in [0, 0.1) is 6.92 Å². The molecule has 0 saturated carbocycles. The fourth-order valence-corrected chi connectivity index (χ4v) is 2.58. The van der Waals surface area contributed by atoms with Gasteiger partial charge in [-0.2, -0.15) is 0 Å². The maximum atomic E-state index is 11.9. The van der Waals surface area contributed by atoms with Gasteiger partial charge in [-0.15, -0.1) is 0 Å². The van der Waals surface area contributed by atoms with Crippen LogP contribution in [0.25, 0.3) is 0 Å². The highest BCUT2D eigenvalue weighted by atomic mass is 16.5. The van der Waals surface area contributed by atoms with E-state index in [4.69, 9.17) is 13.9 Å². The summed E-state index contributed by atoms with van der Waals surface area (Å²) in [7, 11) is 1.73. The van der Waals surface area contributed by atoms with Gasteiger partial charge < -0.3 is 29.8 Å². The molecule has 2 unspecified atom stereocenters. The highest BCUT2D eigenvalue weighted by Crippen LogP contribution is 2.08. The van der Waals surface area contributed by atoms with Crippen molar-refractivity contribution in [2.75, 3.05) is 40.0 Å². The number of furan rings is 1. The smallest absolute Gasteiger partial charge is 0.287 e. The average molecular weight is 366 g/mol. The predicted octanol–water partition coefficient (Wildman–Crippen LogP) is 1.07. The number of rotatable bonds is 9. The zero-order valence-electron chi connectivity index (χ0n) is 15.8. The highest BCUT2D eigenvalue weighted by molar-refractivity contribution is 5.92. The Morgan fingerprint density at radius 2 is 2.23 bits per heavy atom. The summed E-state index contributed by atoms with van der Waals surface area (Å²) in [6.45, 7) is 7.22. The first-order valence-corrected chi connectivity index (χ1v) is 9.09. The normalized spacial score (nSPS) is 18.6. The van der Waals surface area contributed by atoms with E-state index in [1.165, 1.54) is 6.26 Å². The third-order valence-corrected chi connectivity index (χ3v) is 4.08. The van der Waals surface area contributed by atoms with Crippen LogP contribution in [0.3, 0.4) is 0 Å². The van der Waals surface area contributed by atoms with E-state index >= 15 is 0 Å². The number of carbonyl (C=O) groups excluding carboxylic acids is 1. The first-order valence-electron chi connectivity index (χ1n) is 9.09. The van der Waals surface area contributed by atoms with Gasteiger partial charge in [-0.05, 0) is 32.8 Å². The molecular formula is C18H30N4O4. The first-order chi connectivity index (χ1) is 12.6. The van der Waals surface area contributed by atoms with Crippen LogP contribution in [-0.2, 0) is 9.47 Å². The summed E-state index contributed by atoms with van der Waals surface area (Å²) in [5.74, 6) is 0.908. The molecule has 1 fully saturated rings. The van der Waals surface area contributed by atoms with Gasteiger partial charge in [0.25, 0.3) is 5.91 Å². The maximum Gasteiger partial charge on any atom is 0.287 e. The molecule has 1 aromatic rings. The molecular weight excluding hydrogens is 336 g/mol. The predicted molar refractivity (Wildman–Crippen MR) is 99.5 cm³/mol. The van der Waals surface area contributed by atoms with Crippen LogP contribution in [0.2, 0.25) is 0 Å². The molecule has 8 heteroatoms. The number of ether oxygens (including phenoxy) is 2. The van der Waals surface area contributed by atoms with Crippen molar-refractivity contribution in [1.29, 1.82) is 0 Å². The van der Waals surface area contributed by atoms with E-state index in [1.54, 1.807) is 13.1 Å². The van der Waals surface area contributed by atoms with Gasteiger partial charge in [0.2, 0.25) is 0 Å². The summed E-state index contributed by atoms with van der Waals surface area (Å²) in [6.07, 6.45) is 3.46. The van der Waals surface area contributed by atoms with E-state index in [9.17, 15) is 4.79 Å². The molecule has 0 radical (unpaired) electrons. The molecule has 1 aliphatic heterocycles. The summed E-state index contributed by atoms with van der Waals surface area (Å²) in [5.41, 5.74) is 0.839. The number of nitrogens with zero attached hydrogens (tertiary/aromatic N) is 1. The molecule has 1 amide bonds. The topological polar surface area (TPSA) is 97.1 Å². The Labute approximate surface area is 154 Å². The third-order valence-electron chi connectivity index (χ3n) is 4.08. The number of hydrogen-bond acceptors (Lipinski definition) is 5. The largest absolute Gasteiger partial charge is 0.459 e. The Balaban J connectivity index is 1.56. The zero-order chi connectivity index (χ0) is 18.8. The maximum absolute atomic E-state index is 11.9. The van der Waals surface area contributed by atoms with Gasteiger partial charge in [-0.25, -0.2) is 0 Å². The average Bonchev–Trinajstić information content (AvgIpc) is 3.29. The second-order valence-electron chi connectivity index (χ2n) is 6.41. The third kappa shape index (κ3) is 6.68. The summed E-state index contributed by atoms with van der Waals surface area (Å²) < 4.78 is 16.3. The van der Waals surface area contributed by atoms with Crippen molar-refractivity contribution in [3.63, 3.8) is 0 Å². The number of hydrogen-bond donors (Lipinski definition) is 3. The molecule has 0 aromatic carbocycles. The summed E-state index contributed by atoms with van der Waals surface area (Å²) in [5, 5.41) is 9.37. The number of nitrogens with one attached hydrogen (secondary N) is 3. The minimum Gasteiger partial charge on any atom is -0.459 e. The second kappa shape index (κ2) is 10.8.